The van der Waals surface area contributed by atoms with Gasteiger partial charge in [0.15, 0.2) is 11.5 Å². The molecular formula is C26H25NO6. The van der Waals surface area contributed by atoms with E-state index < -0.39 is 5.91 Å². The summed E-state index contributed by atoms with van der Waals surface area (Å²) in [5.74, 6) is 1.14. The number of aromatic hydroxyl groups is 2. The van der Waals surface area contributed by atoms with Crippen LogP contribution in [-0.2, 0) is 4.79 Å². The number of ether oxygens (including phenoxy) is 3. The van der Waals surface area contributed by atoms with Gasteiger partial charge in [0.2, 0.25) is 11.7 Å². The van der Waals surface area contributed by atoms with Crippen LogP contribution in [0.4, 0.5) is 5.69 Å². The summed E-state index contributed by atoms with van der Waals surface area (Å²) >= 11 is 0. The van der Waals surface area contributed by atoms with Crippen LogP contribution in [0.2, 0.25) is 0 Å². The van der Waals surface area contributed by atoms with Crippen molar-refractivity contribution in [2.24, 2.45) is 0 Å². The molecule has 170 valence electrons. The van der Waals surface area contributed by atoms with E-state index in [0.29, 0.717) is 22.8 Å². The molecule has 0 spiro atoms. The quantitative estimate of drug-likeness (QED) is 0.257. The molecular weight excluding hydrogens is 422 g/mol. The second kappa shape index (κ2) is 10.8. The number of nitrogens with one attached hydrogen (secondary N) is 1. The minimum Gasteiger partial charge on any atom is -0.507 e. The molecule has 3 rings (SSSR count). The predicted molar refractivity (Wildman–Crippen MR) is 129 cm³/mol. The zero-order valence-electron chi connectivity index (χ0n) is 18.5. The Morgan fingerprint density at radius 3 is 2.06 bits per heavy atom. The molecule has 0 aromatic heterocycles. The van der Waals surface area contributed by atoms with Crippen molar-refractivity contribution in [1.82, 2.24) is 0 Å². The van der Waals surface area contributed by atoms with Crippen LogP contribution in [0.5, 0.6) is 28.7 Å². The lowest BCUT2D eigenvalue weighted by atomic mass is 10.1. The van der Waals surface area contributed by atoms with Crippen LogP contribution in [-0.4, -0.2) is 37.4 Å². The van der Waals surface area contributed by atoms with Gasteiger partial charge >= 0.3 is 0 Å². The van der Waals surface area contributed by atoms with E-state index in [1.807, 2.05) is 24.3 Å². The zero-order chi connectivity index (χ0) is 23.8. The highest BCUT2D eigenvalue weighted by atomic mass is 16.5. The lowest BCUT2D eigenvalue weighted by Crippen LogP contribution is -2.07. The molecule has 0 bridgehead atoms. The number of carbonyl (C=O) groups is 1. The Hall–Kier alpha value is -4.39. The van der Waals surface area contributed by atoms with Crippen LogP contribution in [0, 0.1) is 0 Å². The van der Waals surface area contributed by atoms with E-state index in [4.69, 9.17) is 14.2 Å². The Kier molecular flexibility index (Phi) is 7.60. The highest BCUT2D eigenvalue weighted by Crippen LogP contribution is 2.38. The topological polar surface area (TPSA) is 97.3 Å². The molecule has 0 atom stereocenters. The van der Waals surface area contributed by atoms with Gasteiger partial charge < -0.3 is 29.7 Å². The fourth-order valence-electron chi connectivity index (χ4n) is 3.12. The largest absolute Gasteiger partial charge is 0.507 e. The van der Waals surface area contributed by atoms with Crippen molar-refractivity contribution >= 4 is 29.8 Å². The Bertz CT molecular complexity index is 1170. The molecule has 0 unspecified atom stereocenters. The number of phenols is 2. The third-order valence-corrected chi connectivity index (χ3v) is 4.79. The molecule has 7 heteroatoms. The summed E-state index contributed by atoms with van der Waals surface area (Å²) < 4.78 is 16.0. The molecule has 0 saturated heterocycles. The first-order chi connectivity index (χ1) is 15.9. The number of para-hydroxylation sites is 1. The van der Waals surface area contributed by atoms with Gasteiger partial charge in [-0.3, -0.25) is 4.79 Å². The molecule has 0 aliphatic heterocycles. The second-order valence-corrected chi connectivity index (χ2v) is 6.95. The van der Waals surface area contributed by atoms with E-state index in [1.54, 1.807) is 51.7 Å². The normalized spacial score (nSPS) is 11.0. The van der Waals surface area contributed by atoms with Crippen molar-refractivity contribution in [1.29, 1.82) is 0 Å². The fraction of sp³-hybridized carbons (Fsp3) is 0.115. The highest BCUT2D eigenvalue weighted by molar-refractivity contribution is 6.03. The number of phenolic OH excluding ortho intramolecular Hbond substituents is 2. The highest BCUT2D eigenvalue weighted by Gasteiger charge is 2.12. The Morgan fingerprint density at radius 2 is 1.45 bits per heavy atom. The molecule has 0 heterocycles. The number of anilines is 1. The molecule has 0 aliphatic carbocycles. The van der Waals surface area contributed by atoms with Crippen LogP contribution in [0.1, 0.15) is 16.7 Å². The number of hydrogen-bond acceptors (Lipinski definition) is 6. The zero-order valence-corrected chi connectivity index (χ0v) is 18.5. The van der Waals surface area contributed by atoms with Crippen molar-refractivity contribution in [3.8, 4) is 28.7 Å². The van der Waals surface area contributed by atoms with Crippen molar-refractivity contribution in [2.75, 3.05) is 26.6 Å². The minimum absolute atomic E-state index is 0.0765. The van der Waals surface area contributed by atoms with Crippen LogP contribution in [0.3, 0.4) is 0 Å². The van der Waals surface area contributed by atoms with E-state index in [-0.39, 0.29) is 17.2 Å². The maximum atomic E-state index is 12.2. The lowest BCUT2D eigenvalue weighted by molar-refractivity contribution is -0.111. The SMILES string of the molecule is COc1cc(/C=C/c2ccc(NC(=O)/C=C/c3ccccc3O)c(O)c2)cc(OC)c1OC. The number of amides is 1. The summed E-state index contributed by atoms with van der Waals surface area (Å²) in [6.45, 7) is 0. The molecule has 0 fully saturated rings. The van der Waals surface area contributed by atoms with Gasteiger partial charge in [0.25, 0.3) is 0 Å². The molecule has 0 radical (unpaired) electrons. The smallest absolute Gasteiger partial charge is 0.248 e. The first-order valence-electron chi connectivity index (χ1n) is 10.0. The summed E-state index contributed by atoms with van der Waals surface area (Å²) in [5, 5.41) is 22.7. The van der Waals surface area contributed by atoms with Gasteiger partial charge in [-0.1, -0.05) is 36.4 Å². The van der Waals surface area contributed by atoms with Gasteiger partial charge in [-0.2, -0.15) is 0 Å². The molecule has 0 saturated carbocycles. The number of methoxy groups -OCH3 is 3. The molecule has 3 aromatic rings. The number of hydrogen-bond donors (Lipinski definition) is 3. The molecule has 7 nitrogen and oxygen atoms in total. The average molecular weight is 447 g/mol. The van der Waals surface area contributed by atoms with E-state index >= 15 is 0 Å². The van der Waals surface area contributed by atoms with Crippen molar-refractivity contribution in [3.63, 3.8) is 0 Å². The summed E-state index contributed by atoms with van der Waals surface area (Å²) in [6, 6.07) is 15.2. The first-order valence-corrected chi connectivity index (χ1v) is 10.0. The number of carbonyl (C=O) groups excluding carboxylic acids is 1. The monoisotopic (exact) mass is 447 g/mol. The Labute approximate surface area is 192 Å². The molecule has 3 aromatic carbocycles. The standard InChI is InChI=1S/C26H25NO6/c1-31-23-15-18(16-24(32-2)26(23)33-3)9-8-17-10-12-20(22(29)14-17)27-25(30)13-11-19-6-4-5-7-21(19)28/h4-16,28-29H,1-3H3,(H,27,30)/b9-8+,13-11+. The van der Waals surface area contributed by atoms with E-state index in [2.05, 4.69) is 5.32 Å². The minimum atomic E-state index is -0.436. The van der Waals surface area contributed by atoms with E-state index in [9.17, 15) is 15.0 Å². The van der Waals surface area contributed by atoms with Crippen LogP contribution in [0.15, 0.2) is 60.7 Å². The molecule has 0 aliphatic rings. The van der Waals surface area contributed by atoms with Gasteiger partial charge in [-0.15, -0.1) is 0 Å². The Morgan fingerprint density at radius 1 is 0.788 bits per heavy atom. The van der Waals surface area contributed by atoms with Crippen molar-refractivity contribution in [2.45, 2.75) is 0 Å². The van der Waals surface area contributed by atoms with Crippen molar-refractivity contribution < 1.29 is 29.2 Å². The summed E-state index contributed by atoms with van der Waals surface area (Å²) in [7, 11) is 4.64. The van der Waals surface area contributed by atoms with Crippen LogP contribution in [0.25, 0.3) is 18.2 Å². The van der Waals surface area contributed by atoms with Gasteiger partial charge in [-0.05, 0) is 47.5 Å². The number of rotatable bonds is 8. The molecule has 33 heavy (non-hydrogen) atoms. The number of benzene rings is 3. The summed E-state index contributed by atoms with van der Waals surface area (Å²) in [6.07, 6.45) is 6.43. The summed E-state index contributed by atoms with van der Waals surface area (Å²) in [5.41, 5.74) is 2.33. The summed E-state index contributed by atoms with van der Waals surface area (Å²) in [4.78, 5) is 12.2. The third-order valence-electron chi connectivity index (χ3n) is 4.79. The Balaban J connectivity index is 1.72. The maximum Gasteiger partial charge on any atom is 0.248 e. The second-order valence-electron chi connectivity index (χ2n) is 6.95. The molecule has 3 N–H and O–H groups in total. The average Bonchev–Trinajstić information content (AvgIpc) is 2.83. The van der Waals surface area contributed by atoms with E-state index in [0.717, 1.165) is 11.1 Å². The lowest BCUT2D eigenvalue weighted by Gasteiger charge is -2.12. The third kappa shape index (κ3) is 5.86. The van der Waals surface area contributed by atoms with Crippen LogP contribution >= 0.6 is 0 Å². The van der Waals surface area contributed by atoms with Crippen molar-refractivity contribution in [3.05, 3.63) is 77.4 Å². The fourth-order valence-corrected chi connectivity index (χ4v) is 3.12. The first kappa shape index (κ1) is 23.3. The molecule has 1 amide bonds. The van der Waals surface area contributed by atoms with Gasteiger partial charge in [0, 0.05) is 11.6 Å². The van der Waals surface area contributed by atoms with Gasteiger partial charge in [-0.25, -0.2) is 0 Å². The maximum absolute atomic E-state index is 12.2. The van der Waals surface area contributed by atoms with Gasteiger partial charge in [0.1, 0.15) is 11.5 Å². The predicted octanol–water partition coefficient (Wildman–Crippen LogP) is 4.95. The van der Waals surface area contributed by atoms with E-state index in [1.165, 1.54) is 24.3 Å². The van der Waals surface area contributed by atoms with Gasteiger partial charge in [0.05, 0.1) is 27.0 Å². The van der Waals surface area contributed by atoms with Crippen LogP contribution < -0.4 is 19.5 Å².